The molecular weight excluding hydrogens is 264 g/mol. The van der Waals surface area contributed by atoms with Gasteiger partial charge in [0.05, 0.1) is 5.56 Å². The summed E-state index contributed by atoms with van der Waals surface area (Å²) in [5, 5.41) is 0. The lowest BCUT2D eigenvalue weighted by Crippen LogP contribution is -2.50. The van der Waals surface area contributed by atoms with Crippen molar-refractivity contribution >= 4 is 5.91 Å². The normalized spacial score (nSPS) is 29.0. The van der Waals surface area contributed by atoms with Gasteiger partial charge in [0.25, 0.3) is 5.91 Å². The van der Waals surface area contributed by atoms with Gasteiger partial charge in [0.1, 0.15) is 0 Å². The van der Waals surface area contributed by atoms with Gasteiger partial charge >= 0.3 is 0 Å². The number of pyridine rings is 1. The smallest absolute Gasteiger partial charge is 0.255 e. The first-order valence-electron chi connectivity index (χ1n) is 8.04. The molecule has 0 N–H and O–H groups in total. The third kappa shape index (κ3) is 2.76. The molecular formula is C17H24N2O2. The number of hydrogen-bond donors (Lipinski definition) is 0. The quantitative estimate of drug-likeness (QED) is 0.796. The van der Waals surface area contributed by atoms with Gasteiger partial charge in [-0.1, -0.05) is 6.92 Å². The summed E-state index contributed by atoms with van der Waals surface area (Å²) in [6.07, 6.45) is 7.63. The average Bonchev–Trinajstić information content (AvgIpc) is 2.48. The predicted octanol–water partition coefficient (Wildman–Crippen LogP) is 2.43. The van der Waals surface area contributed by atoms with Gasteiger partial charge in [0.15, 0.2) is 0 Å². The summed E-state index contributed by atoms with van der Waals surface area (Å²) in [5.41, 5.74) is 0.561. The maximum atomic E-state index is 12.8. The van der Waals surface area contributed by atoms with Crippen molar-refractivity contribution < 1.29 is 4.79 Å². The lowest BCUT2D eigenvalue weighted by Gasteiger charge is -2.45. The van der Waals surface area contributed by atoms with Crippen LogP contribution in [0.5, 0.6) is 0 Å². The molecule has 0 aromatic carbocycles. The minimum Gasteiger partial charge on any atom is -0.335 e. The van der Waals surface area contributed by atoms with Crippen LogP contribution in [0.2, 0.25) is 0 Å². The molecule has 0 bridgehead atoms. The van der Waals surface area contributed by atoms with Crippen LogP contribution < -0.4 is 5.56 Å². The van der Waals surface area contributed by atoms with E-state index in [-0.39, 0.29) is 11.5 Å². The van der Waals surface area contributed by atoms with E-state index < -0.39 is 0 Å². The van der Waals surface area contributed by atoms with Crippen molar-refractivity contribution in [3.63, 3.8) is 0 Å². The Morgan fingerprint density at radius 2 is 2.05 bits per heavy atom. The number of fused-ring (bicyclic) bond motifs is 1. The Kier molecular flexibility index (Phi) is 3.87. The van der Waals surface area contributed by atoms with E-state index in [2.05, 4.69) is 11.8 Å². The summed E-state index contributed by atoms with van der Waals surface area (Å²) in [7, 11) is 1.69. The zero-order chi connectivity index (χ0) is 15.0. The van der Waals surface area contributed by atoms with Gasteiger partial charge in [0.2, 0.25) is 5.56 Å². The zero-order valence-corrected chi connectivity index (χ0v) is 12.9. The van der Waals surface area contributed by atoms with Crippen molar-refractivity contribution in [1.82, 2.24) is 9.47 Å². The number of aryl methyl sites for hydroxylation is 1. The largest absolute Gasteiger partial charge is 0.335 e. The Morgan fingerprint density at radius 3 is 2.81 bits per heavy atom. The first-order chi connectivity index (χ1) is 10.1. The Labute approximate surface area is 125 Å². The number of carbonyl (C=O) groups excluding carboxylic acids is 1. The van der Waals surface area contributed by atoms with Crippen LogP contribution in [0, 0.1) is 11.8 Å². The molecule has 3 unspecified atom stereocenters. The summed E-state index contributed by atoms with van der Waals surface area (Å²) in [6, 6.07) is 3.55. The maximum Gasteiger partial charge on any atom is 0.255 e. The number of likely N-dealkylation sites (tertiary alicyclic amines) is 1. The number of carbonyl (C=O) groups is 1. The van der Waals surface area contributed by atoms with Gasteiger partial charge in [-0.2, -0.15) is 0 Å². The Balaban J connectivity index is 1.83. The molecule has 114 valence electrons. The monoisotopic (exact) mass is 288 g/mol. The SMILES string of the molecule is CC1CCC2C(CCCN2C(=O)c2ccc(=O)n(C)c2)C1. The second-order valence-electron chi connectivity index (χ2n) is 6.75. The van der Waals surface area contributed by atoms with Crippen molar-refractivity contribution in [3.05, 3.63) is 34.2 Å². The lowest BCUT2D eigenvalue weighted by molar-refractivity contribution is 0.0321. The maximum absolute atomic E-state index is 12.8. The molecule has 3 rings (SSSR count). The van der Waals surface area contributed by atoms with Gasteiger partial charge in [-0.15, -0.1) is 0 Å². The van der Waals surface area contributed by atoms with E-state index >= 15 is 0 Å². The first kappa shape index (κ1) is 14.4. The van der Waals surface area contributed by atoms with Crippen LogP contribution in [0.15, 0.2) is 23.1 Å². The van der Waals surface area contributed by atoms with Crippen LogP contribution in [0.4, 0.5) is 0 Å². The molecule has 2 heterocycles. The average molecular weight is 288 g/mol. The third-order valence-electron chi connectivity index (χ3n) is 5.17. The molecule has 1 aliphatic carbocycles. The summed E-state index contributed by atoms with van der Waals surface area (Å²) in [6.45, 7) is 3.18. The van der Waals surface area contributed by atoms with Crippen molar-refractivity contribution in [2.45, 2.75) is 45.1 Å². The van der Waals surface area contributed by atoms with Gasteiger partial charge in [-0.25, -0.2) is 0 Å². The molecule has 0 spiro atoms. The highest BCUT2D eigenvalue weighted by Crippen LogP contribution is 2.38. The molecule has 1 saturated heterocycles. The lowest BCUT2D eigenvalue weighted by atomic mass is 9.74. The molecule has 4 nitrogen and oxygen atoms in total. The van der Waals surface area contributed by atoms with Gasteiger partial charge in [0, 0.05) is 31.9 Å². The van der Waals surface area contributed by atoms with E-state index in [1.165, 1.54) is 29.9 Å². The van der Waals surface area contributed by atoms with Crippen LogP contribution in [-0.2, 0) is 7.05 Å². The van der Waals surface area contributed by atoms with Crippen molar-refractivity contribution in [2.24, 2.45) is 18.9 Å². The molecule has 0 radical (unpaired) electrons. The number of rotatable bonds is 1. The fraction of sp³-hybridized carbons (Fsp3) is 0.647. The zero-order valence-electron chi connectivity index (χ0n) is 12.9. The fourth-order valence-corrected chi connectivity index (χ4v) is 4.03. The van der Waals surface area contributed by atoms with Crippen molar-refractivity contribution in [3.8, 4) is 0 Å². The second kappa shape index (κ2) is 5.66. The molecule has 2 aliphatic rings. The van der Waals surface area contributed by atoms with Crippen LogP contribution in [-0.4, -0.2) is 28.0 Å². The number of piperidine rings is 1. The minimum atomic E-state index is -0.0745. The number of aromatic nitrogens is 1. The van der Waals surface area contributed by atoms with E-state index in [1.54, 1.807) is 19.3 Å². The van der Waals surface area contributed by atoms with Crippen LogP contribution in [0.3, 0.4) is 0 Å². The van der Waals surface area contributed by atoms with Gasteiger partial charge in [-0.3, -0.25) is 9.59 Å². The summed E-state index contributed by atoms with van der Waals surface area (Å²) in [4.78, 5) is 26.4. The molecule has 1 aliphatic heterocycles. The first-order valence-corrected chi connectivity index (χ1v) is 8.04. The molecule has 1 saturated carbocycles. The van der Waals surface area contributed by atoms with Crippen molar-refractivity contribution in [2.75, 3.05) is 6.54 Å². The second-order valence-corrected chi connectivity index (χ2v) is 6.75. The molecule has 1 amide bonds. The van der Waals surface area contributed by atoms with E-state index in [9.17, 15) is 9.59 Å². The number of nitrogens with zero attached hydrogens (tertiary/aromatic N) is 2. The highest BCUT2D eigenvalue weighted by atomic mass is 16.2. The van der Waals surface area contributed by atoms with E-state index in [0.29, 0.717) is 17.5 Å². The minimum absolute atomic E-state index is 0.0745. The number of hydrogen-bond acceptors (Lipinski definition) is 2. The standard InChI is InChI=1S/C17H24N2O2/c1-12-5-7-15-13(10-12)4-3-9-19(15)17(21)14-6-8-16(20)18(2)11-14/h6,8,11-13,15H,3-5,7,9-10H2,1-2H3. The summed E-state index contributed by atoms with van der Waals surface area (Å²) in [5.74, 6) is 1.55. The molecule has 2 fully saturated rings. The Bertz CT molecular complexity index is 593. The molecule has 21 heavy (non-hydrogen) atoms. The highest BCUT2D eigenvalue weighted by molar-refractivity contribution is 5.94. The molecule has 3 atom stereocenters. The van der Waals surface area contributed by atoms with Gasteiger partial charge in [-0.05, 0) is 50.0 Å². The van der Waals surface area contributed by atoms with Crippen LogP contribution in [0.25, 0.3) is 0 Å². The molecule has 1 aromatic heterocycles. The Hall–Kier alpha value is -1.58. The highest BCUT2D eigenvalue weighted by Gasteiger charge is 2.37. The van der Waals surface area contributed by atoms with Crippen molar-refractivity contribution in [1.29, 1.82) is 0 Å². The Morgan fingerprint density at radius 1 is 1.24 bits per heavy atom. The van der Waals surface area contributed by atoms with E-state index in [1.807, 2.05) is 0 Å². The fourth-order valence-electron chi connectivity index (χ4n) is 4.03. The van der Waals surface area contributed by atoms with Crippen LogP contribution in [0.1, 0.15) is 49.4 Å². The molecule has 4 heteroatoms. The third-order valence-corrected chi connectivity index (χ3v) is 5.17. The van der Waals surface area contributed by atoms with Gasteiger partial charge < -0.3 is 9.47 Å². The topological polar surface area (TPSA) is 42.3 Å². The summed E-state index contributed by atoms with van der Waals surface area (Å²) < 4.78 is 1.48. The molecule has 1 aromatic rings. The number of amides is 1. The summed E-state index contributed by atoms with van der Waals surface area (Å²) >= 11 is 0. The predicted molar refractivity (Wildman–Crippen MR) is 82.2 cm³/mol. The van der Waals surface area contributed by atoms with E-state index in [4.69, 9.17) is 0 Å². The van der Waals surface area contributed by atoms with E-state index in [0.717, 1.165) is 25.3 Å². The van der Waals surface area contributed by atoms with Crippen LogP contribution >= 0.6 is 0 Å².